The molecule has 4 N–H and O–H groups in total. The summed E-state index contributed by atoms with van der Waals surface area (Å²) in [7, 11) is 3.28. The molecular weight excluding hydrogens is 471 g/mol. The van der Waals surface area contributed by atoms with Crippen molar-refractivity contribution in [1.82, 2.24) is 14.9 Å². The van der Waals surface area contributed by atoms with E-state index in [0.29, 0.717) is 46.0 Å². The zero-order valence-electron chi connectivity index (χ0n) is 21.9. The number of nitrogen functional groups attached to an aromatic ring is 1. The zero-order chi connectivity index (χ0) is 27.1. The van der Waals surface area contributed by atoms with Crippen LogP contribution in [0.1, 0.15) is 37.5 Å². The number of hydrogen-bond acceptors (Lipinski definition) is 7. The quantitative estimate of drug-likeness (QED) is 0.506. The molecule has 0 aliphatic carbocycles. The number of nitrogens with zero attached hydrogens (tertiary/aromatic N) is 4. The predicted molar refractivity (Wildman–Crippen MR) is 145 cm³/mol. The van der Waals surface area contributed by atoms with Gasteiger partial charge in [0.25, 0.3) is 5.91 Å². The van der Waals surface area contributed by atoms with E-state index in [1.54, 1.807) is 38.6 Å². The number of pyridine rings is 2. The highest BCUT2D eigenvalue weighted by Gasteiger charge is 2.24. The number of aliphatic imine (C=N–C) groups is 1. The summed E-state index contributed by atoms with van der Waals surface area (Å²) in [6, 6.07) is 9.90. The molecule has 3 heterocycles. The van der Waals surface area contributed by atoms with Gasteiger partial charge in [0, 0.05) is 61.7 Å². The molecule has 0 saturated carbocycles. The molecule has 8 nitrogen and oxygen atoms in total. The summed E-state index contributed by atoms with van der Waals surface area (Å²) in [5.41, 5.74) is 17.0. The summed E-state index contributed by atoms with van der Waals surface area (Å²) in [4.78, 5) is 27.9. The minimum absolute atomic E-state index is 0.0582. The van der Waals surface area contributed by atoms with Gasteiger partial charge in [-0.1, -0.05) is 19.9 Å². The largest absolute Gasteiger partial charge is 0.485 e. The van der Waals surface area contributed by atoms with E-state index in [-0.39, 0.29) is 30.4 Å². The van der Waals surface area contributed by atoms with Crippen molar-refractivity contribution < 1.29 is 13.9 Å². The van der Waals surface area contributed by atoms with Crippen molar-refractivity contribution in [3.8, 4) is 17.0 Å². The highest BCUT2D eigenvalue weighted by Crippen LogP contribution is 2.32. The summed E-state index contributed by atoms with van der Waals surface area (Å²) in [5.74, 6) is -0.236. The van der Waals surface area contributed by atoms with Crippen LogP contribution in [-0.4, -0.2) is 47.1 Å². The first kappa shape index (κ1) is 27.3. The number of hydrogen-bond donors (Lipinski definition) is 2. The van der Waals surface area contributed by atoms with E-state index in [1.165, 1.54) is 17.0 Å². The number of likely N-dealkylation sites (N-methyl/N-ethyl adjacent to an activating group) is 1. The van der Waals surface area contributed by atoms with Crippen LogP contribution in [0.5, 0.6) is 5.75 Å². The van der Waals surface area contributed by atoms with Gasteiger partial charge in [0.1, 0.15) is 18.1 Å². The van der Waals surface area contributed by atoms with Crippen LogP contribution >= 0.6 is 0 Å². The number of benzene rings is 1. The number of ether oxygens (including phenoxy) is 1. The maximum atomic E-state index is 14.2. The van der Waals surface area contributed by atoms with E-state index in [4.69, 9.17) is 16.2 Å². The van der Waals surface area contributed by atoms with Crippen LogP contribution in [0.2, 0.25) is 0 Å². The van der Waals surface area contributed by atoms with Gasteiger partial charge in [-0.25, -0.2) is 9.37 Å². The minimum Gasteiger partial charge on any atom is -0.485 e. The molecule has 0 unspecified atom stereocenters. The third-order valence-electron chi connectivity index (χ3n) is 5.68. The van der Waals surface area contributed by atoms with Crippen LogP contribution in [0, 0.1) is 5.82 Å². The fraction of sp³-hybridized carbons (Fsp3) is 0.286. The first-order valence-corrected chi connectivity index (χ1v) is 12.2. The fourth-order valence-electron chi connectivity index (χ4n) is 3.98. The predicted octanol–water partition coefficient (Wildman–Crippen LogP) is 4.14. The minimum atomic E-state index is -0.393. The molecule has 0 atom stereocenters. The van der Waals surface area contributed by atoms with Gasteiger partial charge in [-0.2, -0.15) is 0 Å². The van der Waals surface area contributed by atoms with Gasteiger partial charge in [0.2, 0.25) is 0 Å². The molecule has 1 aliphatic rings. The fourth-order valence-corrected chi connectivity index (χ4v) is 3.98. The molecule has 9 heteroatoms. The molecule has 2 bridgehead atoms. The molecule has 0 spiro atoms. The number of amides is 1. The molecule has 0 saturated heterocycles. The van der Waals surface area contributed by atoms with Gasteiger partial charge in [-0.05, 0) is 42.8 Å². The molecule has 1 aromatic carbocycles. The molecule has 0 fully saturated rings. The normalized spacial score (nSPS) is 15.0. The first-order chi connectivity index (χ1) is 17.8. The van der Waals surface area contributed by atoms with Gasteiger partial charge in [0.15, 0.2) is 11.6 Å². The second kappa shape index (κ2) is 12.1. The summed E-state index contributed by atoms with van der Waals surface area (Å²) < 4.78 is 20.2. The Kier molecular flexibility index (Phi) is 8.95. The number of carbonyl (C=O) groups is 1. The summed E-state index contributed by atoms with van der Waals surface area (Å²) in [6.07, 6.45) is 3.51. The van der Waals surface area contributed by atoms with Crippen molar-refractivity contribution in [2.75, 3.05) is 26.4 Å². The lowest BCUT2D eigenvalue weighted by atomic mass is 9.91. The first-order valence-electron chi connectivity index (χ1n) is 12.2. The Morgan fingerprint density at radius 3 is 2.62 bits per heavy atom. The highest BCUT2D eigenvalue weighted by molar-refractivity contribution is 6.16. The zero-order valence-corrected chi connectivity index (χ0v) is 21.9. The number of nitrogens with two attached hydrogens (primary N) is 2. The number of halogens is 1. The van der Waals surface area contributed by atoms with Gasteiger partial charge in [0.05, 0.1) is 11.4 Å². The monoisotopic (exact) mass is 504 g/mol. The maximum Gasteiger partial charge on any atom is 0.269 e. The maximum absolute atomic E-state index is 14.2. The number of aromatic nitrogens is 2. The Bertz CT molecular complexity index is 1350. The van der Waals surface area contributed by atoms with Crippen LogP contribution in [0.4, 0.5) is 10.2 Å². The van der Waals surface area contributed by atoms with Gasteiger partial charge in [-0.3, -0.25) is 14.8 Å². The highest BCUT2D eigenvalue weighted by atomic mass is 19.1. The van der Waals surface area contributed by atoms with Crippen LogP contribution in [0.15, 0.2) is 65.1 Å². The van der Waals surface area contributed by atoms with Gasteiger partial charge >= 0.3 is 0 Å². The third-order valence-corrected chi connectivity index (χ3v) is 5.68. The Hall–Kier alpha value is -4.27. The van der Waals surface area contributed by atoms with Gasteiger partial charge in [-0.15, -0.1) is 0 Å². The molecule has 3 aromatic rings. The van der Waals surface area contributed by atoms with Crippen molar-refractivity contribution in [2.45, 2.75) is 33.8 Å². The topological polar surface area (TPSA) is 120 Å². The summed E-state index contributed by atoms with van der Waals surface area (Å²) >= 11 is 0. The van der Waals surface area contributed by atoms with Crippen molar-refractivity contribution in [3.05, 3.63) is 82.6 Å². The number of rotatable bonds is 2. The molecule has 0 radical (unpaired) electrons. The SMILES string of the molecule is CC.CCN=C1/C(=C(\N)C(=O)N(C)C)Cc2cccnc2-c2ccc(F)cc2COc2cc1cnc2N. The molecule has 4 rings (SSSR count). The van der Waals surface area contributed by atoms with E-state index >= 15 is 0 Å². The number of allylic oxidation sites excluding steroid dienone is 1. The van der Waals surface area contributed by atoms with Crippen molar-refractivity contribution in [2.24, 2.45) is 10.7 Å². The van der Waals surface area contributed by atoms with E-state index in [9.17, 15) is 9.18 Å². The van der Waals surface area contributed by atoms with E-state index in [2.05, 4.69) is 15.0 Å². The van der Waals surface area contributed by atoms with E-state index < -0.39 is 5.82 Å². The van der Waals surface area contributed by atoms with Crippen molar-refractivity contribution in [1.29, 1.82) is 0 Å². The molecule has 194 valence electrons. The Morgan fingerprint density at radius 1 is 1.16 bits per heavy atom. The molecule has 1 aliphatic heterocycles. The Labute approximate surface area is 216 Å². The lowest BCUT2D eigenvalue weighted by Gasteiger charge is -2.21. The molecule has 37 heavy (non-hydrogen) atoms. The lowest BCUT2D eigenvalue weighted by Crippen LogP contribution is -2.31. The van der Waals surface area contributed by atoms with Crippen LogP contribution < -0.4 is 16.2 Å². The number of fused-ring (bicyclic) bond motifs is 5. The molecule has 2 aromatic heterocycles. The average molecular weight is 505 g/mol. The second-order valence-electron chi connectivity index (χ2n) is 8.30. The standard InChI is InChI=1S/C26H27FN6O2.C2H6/c1-4-30-24-16-12-21(25(29)32-13-16)35-14-17-10-18(27)7-8-19(17)23-15(6-5-9-31-23)11-20(24)22(28)26(34)33(2)3;1-2/h5-10,12-13H,4,11,14,28H2,1-3H3,(H2,29,32);1-2H3/b22-20-,30-24?;. The average Bonchev–Trinajstić information content (AvgIpc) is 2.90. The Morgan fingerprint density at radius 2 is 1.92 bits per heavy atom. The third kappa shape index (κ3) is 5.94. The molecule has 1 amide bonds. The summed E-state index contributed by atoms with van der Waals surface area (Å²) in [6.45, 7) is 6.40. The van der Waals surface area contributed by atoms with E-state index in [0.717, 1.165) is 5.56 Å². The number of carbonyl (C=O) groups excluding carboxylic acids is 1. The summed E-state index contributed by atoms with van der Waals surface area (Å²) in [5, 5.41) is 0. The smallest absolute Gasteiger partial charge is 0.269 e. The van der Waals surface area contributed by atoms with Crippen molar-refractivity contribution >= 4 is 17.4 Å². The van der Waals surface area contributed by atoms with Crippen LogP contribution in [0.3, 0.4) is 0 Å². The van der Waals surface area contributed by atoms with Crippen LogP contribution in [-0.2, 0) is 17.8 Å². The van der Waals surface area contributed by atoms with Gasteiger partial charge < -0.3 is 21.1 Å². The van der Waals surface area contributed by atoms with Crippen LogP contribution in [0.25, 0.3) is 11.3 Å². The number of anilines is 1. The Balaban J connectivity index is 0.00000186. The van der Waals surface area contributed by atoms with E-state index in [1.807, 2.05) is 32.9 Å². The molecular formula is C28H33FN6O2. The lowest BCUT2D eigenvalue weighted by molar-refractivity contribution is -0.124. The van der Waals surface area contributed by atoms with Crippen molar-refractivity contribution in [3.63, 3.8) is 0 Å². The second-order valence-corrected chi connectivity index (χ2v) is 8.30.